The first-order valence-electron chi connectivity index (χ1n) is 5.25. The summed E-state index contributed by atoms with van der Waals surface area (Å²) in [5, 5.41) is 9.57. The standard InChI is InChI=1S/C14H10ClNOS/c1-17-10-5-7-11(8-6-10)18-14-4-2-3-13(15)12(14)9-16/h2-8H,1H3. The first kappa shape index (κ1) is 12.8. The average Bonchev–Trinajstić information content (AvgIpc) is 2.40. The predicted molar refractivity (Wildman–Crippen MR) is 73.3 cm³/mol. The van der Waals surface area contributed by atoms with Crippen LogP contribution in [0.2, 0.25) is 5.02 Å². The Hall–Kier alpha value is -1.63. The van der Waals surface area contributed by atoms with Gasteiger partial charge in [-0.1, -0.05) is 29.4 Å². The van der Waals surface area contributed by atoms with Crippen LogP contribution >= 0.6 is 23.4 Å². The van der Waals surface area contributed by atoms with Gasteiger partial charge in [0.05, 0.1) is 17.7 Å². The number of methoxy groups -OCH3 is 1. The Kier molecular flexibility index (Phi) is 4.14. The zero-order chi connectivity index (χ0) is 13.0. The van der Waals surface area contributed by atoms with E-state index in [0.717, 1.165) is 15.5 Å². The summed E-state index contributed by atoms with van der Waals surface area (Å²) in [5.41, 5.74) is 0.514. The van der Waals surface area contributed by atoms with Crippen molar-refractivity contribution in [2.75, 3.05) is 7.11 Å². The Morgan fingerprint density at radius 1 is 1.17 bits per heavy atom. The molecular weight excluding hydrogens is 266 g/mol. The lowest BCUT2D eigenvalue weighted by Gasteiger charge is -2.06. The normalized spacial score (nSPS) is 9.83. The molecule has 2 aromatic carbocycles. The summed E-state index contributed by atoms with van der Waals surface area (Å²) in [6.45, 7) is 0. The molecule has 0 saturated heterocycles. The first-order valence-corrected chi connectivity index (χ1v) is 6.44. The maximum absolute atomic E-state index is 9.09. The molecule has 0 heterocycles. The number of ether oxygens (including phenoxy) is 1. The lowest BCUT2D eigenvalue weighted by Crippen LogP contribution is -1.84. The fourth-order valence-electron chi connectivity index (χ4n) is 1.47. The van der Waals surface area contributed by atoms with E-state index in [1.807, 2.05) is 36.4 Å². The molecule has 0 bridgehead atoms. The third-order valence-electron chi connectivity index (χ3n) is 2.37. The second kappa shape index (κ2) is 5.81. The minimum absolute atomic E-state index is 0.482. The highest BCUT2D eigenvalue weighted by Gasteiger charge is 2.07. The van der Waals surface area contributed by atoms with Crippen LogP contribution in [0.15, 0.2) is 52.3 Å². The second-order valence-electron chi connectivity index (χ2n) is 3.50. The van der Waals surface area contributed by atoms with E-state index in [4.69, 9.17) is 21.6 Å². The van der Waals surface area contributed by atoms with Crippen molar-refractivity contribution in [3.63, 3.8) is 0 Å². The van der Waals surface area contributed by atoms with Crippen LogP contribution < -0.4 is 4.74 Å². The molecule has 0 aromatic heterocycles. The van der Waals surface area contributed by atoms with E-state index in [1.165, 1.54) is 11.8 Å². The number of benzene rings is 2. The van der Waals surface area contributed by atoms with Crippen molar-refractivity contribution in [2.24, 2.45) is 0 Å². The van der Waals surface area contributed by atoms with Crippen LogP contribution in [-0.4, -0.2) is 7.11 Å². The van der Waals surface area contributed by atoms with E-state index >= 15 is 0 Å². The van der Waals surface area contributed by atoms with Gasteiger partial charge < -0.3 is 4.74 Å². The molecule has 90 valence electrons. The fourth-order valence-corrected chi connectivity index (χ4v) is 2.67. The smallest absolute Gasteiger partial charge is 0.118 e. The van der Waals surface area contributed by atoms with Gasteiger partial charge in [-0.3, -0.25) is 0 Å². The Balaban J connectivity index is 2.28. The first-order chi connectivity index (χ1) is 8.74. The summed E-state index contributed by atoms with van der Waals surface area (Å²) in [6.07, 6.45) is 0. The highest BCUT2D eigenvalue weighted by atomic mass is 35.5. The van der Waals surface area contributed by atoms with E-state index < -0.39 is 0 Å². The van der Waals surface area contributed by atoms with Gasteiger partial charge >= 0.3 is 0 Å². The van der Waals surface area contributed by atoms with Crippen LogP contribution in [0.25, 0.3) is 0 Å². The number of halogens is 1. The van der Waals surface area contributed by atoms with E-state index in [0.29, 0.717) is 10.6 Å². The molecule has 0 aliphatic heterocycles. The molecule has 0 N–H and O–H groups in total. The van der Waals surface area contributed by atoms with Crippen molar-refractivity contribution in [1.82, 2.24) is 0 Å². The number of rotatable bonds is 3. The van der Waals surface area contributed by atoms with Crippen molar-refractivity contribution in [3.05, 3.63) is 53.1 Å². The lowest BCUT2D eigenvalue weighted by molar-refractivity contribution is 0.414. The highest BCUT2D eigenvalue weighted by molar-refractivity contribution is 7.99. The minimum atomic E-state index is 0.482. The van der Waals surface area contributed by atoms with Gasteiger partial charge in [-0.2, -0.15) is 5.26 Å². The van der Waals surface area contributed by atoms with E-state index in [9.17, 15) is 0 Å². The van der Waals surface area contributed by atoms with Crippen molar-refractivity contribution in [1.29, 1.82) is 5.26 Å². The highest BCUT2D eigenvalue weighted by Crippen LogP contribution is 2.33. The summed E-state index contributed by atoms with van der Waals surface area (Å²) in [7, 11) is 1.63. The van der Waals surface area contributed by atoms with Crippen LogP contribution in [0.4, 0.5) is 0 Å². The maximum Gasteiger partial charge on any atom is 0.118 e. The minimum Gasteiger partial charge on any atom is -0.497 e. The van der Waals surface area contributed by atoms with Crippen molar-refractivity contribution in [3.8, 4) is 11.8 Å². The number of hydrogen-bond acceptors (Lipinski definition) is 3. The molecule has 0 saturated carbocycles. The zero-order valence-electron chi connectivity index (χ0n) is 9.68. The summed E-state index contributed by atoms with van der Waals surface area (Å²) < 4.78 is 5.10. The molecule has 2 rings (SSSR count). The van der Waals surface area contributed by atoms with Gasteiger partial charge in [0.25, 0.3) is 0 Å². The molecular formula is C14H10ClNOS. The van der Waals surface area contributed by atoms with Gasteiger partial charge in [0.15, 0.2) is 0 Å². The largest absolute Gasteiger partial charge is 0.497 e. The topological polar surface area (TPSA) is 33.0 Å². The molecule has 0 atom stereocenters. The van der Waals surface area contributed by atoms with Gasteiger partial charge in [-0.25, -0.2) is 0 Å². The van der Waals surface area contributed by atoms with Crippen LogP contribution in [0.3, 0.4) is 0 Å². The molecule has 2 nitrogen and oxygen atoms in total. The van der Waals surface area contributed by atoms with Crippen LogP contribution in [0.5, 0.6) is 5.75 Å². The Morgan fingerprint density at radius 2 is 1.89 bits per heavy atom. The summed E-state index contributed by atoms with van der Waals surface area (Å²) >= 11 is 7.50. The SMILES string of the molecule is COc1ccc(Sc2cccc(Cl)c2C#N)cc1. The molecule has 0 aliphatic carbocycles. The molecule has 18 heavy (non-hydrogen) atoms. The quantitative estimate of drug-likeness (QED) is 0.834. The van der Waals surface area contributed by atoms with Crippen molar-refractivity contribution < 1.29 is 4.74 Å². The lowest BCUT2D eigenvalue weighted by atomic mass is 10.2. The van der Waals surface area contributed by atoms with Gasteiger partial charge in [0.2, 0.25) is 0 Å². The molecule has 4 heteroatoms. The molecule has 0 amide bonds. The number of nitrogens with zero attached hydrogens (tertiary/aromatic N) is 1. The average molecular weight is 276 g/mol. The summed E-state index contributed by atoms with van der Waals surface area (Å²) in [5.74, 6) is 0.811. The third kappa shape index (κ3) is 2.79. The predicted octanol–water partition coefficient (Wildman–Crippen LogP) is 4.37. The van der Waals surface area contributed by atoms with Gasteiger partial charge in [0.1, 0.15) is 11.8 Å². The summed E-state index contributed by atoms with van der Waals surface area (Å²) in [4.78, 5) is 1.89. The molecule has 0 fully saturated rings. The molecule has 0 spiro atoms. The van der Waals surface area contributed by atoms with Crippen LogP contribution in [0, 0.1) is 11.3 Å². The van der Waals surface area contributed by atoms with Crippen LogP contribution in [-0.2, 0) is 0 Å². The number of hydrogen-bond donors (Lipinski definition) is 0. The molecule has 2 aromatic rings. The Labute approximate surface area is 115 Å². The van der Waals surface area contributed by atoms with Gasteiger partial charge in [-0.15, -0.1) is 0 Å². The van der Waals surface area contributed by atoms with Gasteiger partial charge in [0, 0.05) is 9.79 Å². The van der Waals surface area contributed by atoms with Crippen LogP contribution in [0.1, 0.15) is 5.56 Å². The second-order valence-corrected chi connectivity index (χ2v) is 5.02. The Bertz CT molecular complexity index is 590. The van der Waals surface area contributed by atoms with Crippen molar-refractivity contribution in [2.45, 2.75) is 9.79 Å². The molecule has 0 aliphatic rings. The fraction of sp³-hybridized carbons (Fsp3) is 0.0714. The molecule has 0 unspecified atom stereocenters. The third-order valence-corrected chi connectivity index (χ3v) is 3.76. The van der Waals surface area contributed by atoms with Crippen molar-refractivity contribution >= 4 is 23.4 Å². The van der Waals surface area contributed by atoms with E-state index in [-0.39, 0.29) is 0 Å². The molecule has 0 radical (unpaired) electrons. The van der Waals surface area contributed by atoms with E-state index in [1.54, 1.807) is 13.2 Å². The van der Waals surface area contributed by atoms with E-state index in [2.05, 4.69) is 6.07 Å². The monoisotopic (exact) mass is 275 g/mol. The maximum atomic E-state index is 9.09. The number of nitriles is 1. The Morgan fingerprint density at radius 3 is 2.50 bits per heavy atom. The zero-order valence-corrected chi connectivity index (χ0v) is 11.3. The van der Waals surface area contributed by atoms with Gasteiger partial charge in [-0.05, 0) is 36.4 Å². The summed E-state index contributed by atoms with van der Waals surface area (Å²) in [6, 6.07) is 15.3.